The van der Waals surface area contributed by atoms with E-state index < -0.39 is 17.0 Å². The van der Waals surface area contributed by atoms with Crippen molar-refractivity contribution in [2.75, 3.05) is 0 Å². The zero-order valence-corrected chi connectivity index (χ0v) is 17.5. The molecular formula is C21H30N4O3. The van der Waals surface area contributed by atoms with Gasteiger partial charge in [0.05, 0.1) is 17.7 Å². The topological polar surface area (TPSA) is 119 Å². The van der Waals surface area contributed by atoms with Crippen LogP contribution < -0.4 is 0 Å². The van der Waals surface area contributed by atoms with E-state index >= 15 is 0 Å². The molecule has 0 saturated carbocycles. The van der Waals surface area contributed by atoms with Gasteiger partial charge in [0.25, 0.3) is 0 Å². The van der Waals surface area contributed by atoms with E-state index in [4.69, 9.17) is 5.26 Å². The molecule has 0 heterocycles. The van der Waals surface area contributed by atoms with Crippen molar-refractivity contribution in [2.45, 2.75) is 65.5 Å². The zero-order chi connectivity index (χ0) is 21.8. The van der Waals surface area contributed by atoms with E-state index in [-0.39, 0.29) is 0 Å². The van der Waals surface area contributed by atoms with Crippen molar-refractivity contribution >= 4 is 5.97 Å². The fraction of sp³-hybridized carbons (Fsp3) is 0.571. The molecule has 1 N–H and O–H groups in total. The van der Waals surface area contributed by atoms with E-state index in [1.807, 2.05) is 27.7 Å². The maximum Gasteiger partial charge on any atom is 0.372 e. The number of nitrogens with zero attached hydrogens (tertiary/aromatic N) is 4. The molecule has 0 aromatic heterocycles. The summed E-state index contributed by atoms with van der Waals surface area (Å²) in [7, 11) is 0. The van der Waals surface area contributed by atoms with Gasteiger partial charge in [0.2, 0.25) is 0 Å². The smallest absolute Gasteiger partial charge is 0.296 e. The molecule has 152 valence electrons. The first-order valence-electron chi connectivity index (χ1n) is 9.18. The second-order valence-corrected chi connectivity index (χ2v) is 7.91. The zero-order valence-electron chi connectivity index (χ0n) is 17.5. The molecule has 1 aromatic carbocycles. The summed E-state index contributed by atoms with van der Waals surface area (Å²) in [6, 6.07) is 12.6. The van der Waals surface area contributed by atoms with Crippen molar-refractivity contribution in [1.29, 1.82) is 10.5 Å². The first-order valence-corrected chi connectivity index (χ1v) is 9.18. The first-order chi connectivity index (χ1) is 13.0. The molecular weight excluding hydrogens is 356 g/mol. The van der Waals surface area contributed by atoms with Crippen LogP contribution in [-0.2, 0) is 4.89 Å². The van der Waals surface area contributed by atoms with Crippen LogP contribution in [0, 0.1) is 34.5 Å². The van der Waals surface area contributed by atoms with Crippen molar-refractivity contribution in [3.05, 3.63) is 35.9 Å². The average molecular weight is 386 g/mol. The molecule has 0 aliphatic carbocycles. The minimum atomic E-state index is -0.830. The lowest BCUT2D eigenvalue weighted by Gasteiger charge is -2.22. The molecule has 0 aliphatic rings. The lowest BCUT2D eigenvalue weighted by Crippen LogP contribution is -2.26. The molecule has 0 saturated heterocycles. The summed E-state index contributed by atoms with van der Waals surface area (Å²) in [6.07, 6.45) is 1.30. The van der Waals surface area contributed by atoms with Crippen LogP contribution in [0.4, 0.5) is 0 Å². The first kappa shape index (κ1) is 25.2. The van der Waals surface area contributed by atoms with Crippen LogP contribution in [0.2, 0.25) is 0 Å². The third-order valence-electron chi connectivity index (χ3n) is 3.68. The van der Waals surface area contributed by atoms with Gasteiger partial charge in [0.15, 0.2) is 11.1 Å². The minimum absolute atomic E-state index is 0.338. The van der Waals surface area contributed by atoms with Crippen molar-refractivity contribution < 1.29 is 14.9 Å². The molecule has 2 atom stereocenters. The quantitative estimate of drug-likeness (QED) is 0.381. The second-order valence-electron chi connectivity index (χ2n) is 7.91. The summed E-state index contributed by atoms with van der Waals surface area (Å²) in [5.74, 6) is -0.000295. The third-order valence-corrected chi connectivity index (χ3v) is 3.68. The average Bonchev–Trinajstić information content (AvgIpc) is 2.66. The SMILES string of the molecule is CC(C)CC(C)(C#N)N=NC(C)(C#N)CC(C)C.O=C(OO)c1ccccc1. The van der Waals surface area contributed by atoms with E-state index in [9.17, 15) is 15.3 Å². The Balaban J connectivity index is 0.000000609. The van der Waals surface area contributed by atoms with Crippen LogP contribution in [0.15, 0.2) is 40.6 Å². The van der Waals surface area contributed by atoms with E-state index in [1.54, 1.807) is 44.2 Å². The predicted molar refractivity (Wildman–Crippen MR) is 106 cm³/mol. The van der Waals surface area contributed by atoms with Crippen LogP contribution >= 0.6 is 0 Å². The number of rotatable bonds is 7. The molecule has 1 aromatic rings. The number of azo groups is 1. The fourth-order valence-corrected chi connectivity index (χ4v) is 2.66. The minimum Gasteiger partial charge on any atom is -0.296 e. The number of benzene rings is 1. The summed E-state index contributed by atoms with van der Waals surface area (Å²) in [6.45, 7) is 11.7. The molecule has 28 heavy (non-hydrogen) atoms. The van der Waals surface area contributed by atoms with Gasteiger partial charge in [-0.2, -0.15) is 26.0 Å². The summed E-state index contributed by atoms with van der Waals surface area (Å²) < 4.78 is 0. The molecule has 0 radical (unpaired) electrons. The fourth-order valence-electron chi connectivity index (χ4n) is 2.66. The summed E-state index contributed by atoms with van der Waals surface area (Å²) >= 11 is 0. The van der Waals surface area contributed by atoms with Crippen LogP contribution in [-0.4, -0.2) is 22.3 Å². The molecule has 7 nitrogen and oxygen atoms in total. The largest absolute Gasteiger partial charge is 0.372 e. The number of carbonyl (C=O) groups excluding carboxylic acids is 1. The van der Waals surface area contributed by atoms with E-state index in [2.05, 4.69) is 27.3 Å². The second kappa shape index (κ2) is 11.8. The van der Waals surface area contributed by atoms with Gasteiger partial charge in [-0.1, -0.05) is 45.9 Å². The van der Waals surface area contributed by atoms with Gasteiger partial charge >= 0.3 is 5.97 Å². The summed E-state index contributed by atoms with van der Waals surface area (Å²) in [5.41, 5.74) is -1.32. The molecule has 0 amide bonds. The van der Waals surface area contributed by atoms with Gasteiger partial charge < -0.3 is 0 Å². The van der Waals surface area contributed by atoms with Crippen LogP contribution in [0.1, 0.15) is 64.7 Å². The lowest BCUT2D eigenvalue weighted by atomic mass is 9.92. The van der Waals surface area contributed by atoms with Crippen LogP contribution in [0.5, 0.6) is 0 Å². The van der Waals surface area contributed by atoms with E-state index in [1.165, 1.54) is 0 Å². The molecule has 0 spiro atoms. The highest BCUT2D eigenvalue weighted by Crippen LogP contribution is 2.26. The van der Waals surface area contributed by atoms with Gasteiger partial charge in [-0.3, -0.25) is 4.89 Å². The highest BCUT2D eigenvalue weighted by Gasteiger charge is 2.29. The number of nitriles is 2. The third kappa shape index (κ3) is 9.80. The van der Waals surface area contributed by atoms with Crippen LogP contribution in [0.25, 0.3) is 0 Å². The van der Waals surface area contributed by atoms with Crippen molar-refractivity contribution in [3.63, 3.8) is 0 Å². The maximum atomic E-state index is 10.5. The molecule has 1 rings (SSSR count). The maximum absolute atomic E-state index is 10.5. The highest BCUT2D eigenvalue weighted by atomic mass is 17.1. The van der Waals surface area contributed by atoms with Gasteiger partial charge in [-0.25, -0.2) is 4.79 Å². The molecule has 2 unspecified atom stereocenters. The van der Waals surface area contributed by atoms with Gasteiger partial charge in [0.1, 0.15) is 0 Å². The molecule has 0 aliphatic heterocycles. The standard InChI is InChI=1S/C14H24N4.C7H6O3/c1-11(2)7-13(5,9-15)17-18-14(6,10-16)8-12(3)4;8-7(10-9)6-4-2-1-3-5-6/h11-12H,7-8H2,1-6H3;1-5,9H. The Kier molecular flexibility index (Phi) is 10.7. The van der Waals surface area contributed by atoms with E-state index in [0.717, 1.165) is 0 Å². The molecule has 0 fully saturated rings. The van der Waals surface area contributed by atoms with Crippen LogP contribution in [0.3, 0.4) is 0 Å². The van der Waals surface area contributed by atoms with Gasteiger partial charge in [-0.05, 0) is 50.7 Å². The Morgan fingerprint density at radius 3 is 1.68 bits per heavy atom. The molecule has 7 heteroatoms. The van der Waals surface area contributed by atoms with Crippen molar-refractivity contribution in [2.24, 2.45) is 22.1 Å². The Morgan fingerprint density at radius 1 is 1.00 bits per heavy atom. The van der Waals surface area contributed by atoms with E-state index in [0.29, 0.717) is 30.2 Å². The summed E-state index contributed by atoms with van der Waals surface area (Å²) in [4.78, 5) is 14.0. The predicted octanol–water partition coefficient (Wildman–Crippen LogP) is 5.41. The van der Waals surface area contributed by atoms with Gasteiger partial charge in [-0.15, -0.1) is 0 Å². The molecule has 0 bridgehead atoms. The highest BCUT2D eigenvalue weighted by molar-refractivity contribution is 5.88. The number of hydrogen-bond donors (Lipinski definition) is 1. The Bertz CT molecular complexity index is 683. The number of hydrogen-bond acceptors (Lipinski definition) is 7. The lowest BCUT2D eigenvalue weighted by molar-refractivity contribution is -0.182. The Labute approximate surface area is 167 Å². The summed E-state index contributed by atoms with van der Waals surface area (Å²) in [5, 5.41) is 34.6. The Hall–Kier alpha value is -2.77. The number of carbonyl (C=O) groups is 1. The Morgan fingerprint density at radius 2 is 1.39 bits per heavy atom. The van der Waals surface area contributed by atoms with Gasteiger partial charge in [0, 0.05) is 0 Å². The normalized spacial score (nSPS) is 15.0. The van der Waals surface area contributed by atoms with Crippen molar-refractivity contribution in [1.82, 2.24) is 0 Å². The van der Waals surface area contributed by atoms with Crippen molar-refractivity contribution in [3.8, 4) is 12.1 Å². The monoisotopic (exact) mass is 386 g/mol.